The zero-order valence-electron chi connectivity index (χ0n) is 9.54. The number of benzene rings is 2. The number of para-hydroxylation sites is 1. The molecule has 0 radical (unpaired) electrons. The predicted molar refractivity (Wildman–Crippen MR) is 67.9 cm³/mol. The molecular formula is C14H11NO3. The van der Waals surface area contributed by atoms with E-state index in [0.717, 1.165) is 11.4 Å². The maximum atomic E-state index is 9.61. The van der Waals surface area contributed by atoms with Gasteiger partial charge in [0.2, 0.25) is 6.79 Å². The number of aliphatic imine (C=N–C) groups is 1. The molecule has 0 fully saturated rings. The van der Waals surface area contributed by atoms with E-state index in [1.165, 1.54) is 0 Å². The lowest BCUT2D eigenvalue weighted by Crippen LogP contribution is -1.92. The smallest absolute Gasteiger partial charge is 0.231 e. The Bertz CT molecular complexity index is 608. The Morgan fingerprint density at radius 1 is 1.06 bits per heavy atom. The van der Waals surface area contributed by atoms with Crippen LogP contribution in [-0.4, -0.2) is 18.1 Å². The molecule has 0 saturated heterocycles. The molecule has 0 spiro atoms. The number of rotatable bonds is 2. The monoisotopic (exact) mass is 241 g/mol. The first kappa shape index (κ1) is 10.7. The number of nitrogens with zero attached hydrogens (tertiary/aromatic N) is 1. The van der Waals surface area contributed by atoms with Gasteiger partial charge >= 0.3 is 0 Å². The number of fused-ring (bicyclic) bond motifs is 1. The minimum Gasteiger partial charge on any atom is -0.507 e. The summed E-state index contributed by atoms with van der Waals surface area (Å²) in [7, 11) is 0. The molecule has 3 rings (SSSR count). The third-order valence-corrected chi connectivity index (χ3v) is 2.65. The van der Waals surface area contributed by atoms with Gasteiger partial charge in [-0.3, -0.25) is 4.99 Å². The summed E-state index contributed by atoms with van der Waals surface area (Å²) in [4.78, 5) is 4.29. The molecule has 1 heterocycles. The first-order valence-corrected chi connectivity index (χ1v) is 5.55. The van der Waals surface area contributed by atoms with Gasteiger partial charge in [0, 0.05) is 17.8 Å². The molecule has 0 saturated carbocycles. The van der Waals surface area contributed by atoms with E-state index >= 15 is 0 Å². The van der Waals surface area contributed by atoms with E-state index in [2.05, 4.69) is 4.99 Å². The molecule has 0 aromatic heterocycles. The highest BCUT2D eigenvalue weighted by molar-refractivity contribution is 5.85. The van der Waals surface area contributed by atoms with Crippen LogP contribution in [0.5, 0.6) is 17.2 Å². The van der Waals surface area contributed by atoms with Gasteiger partial charge in [0.1, 0.15) is 5.75 Å². The fourth-order valence-electron chi connectivity index (χ4n) is 1.71. The molecule has 0 atom stereocenters. The molecule has 0 aliphatic carbocycles. The first-order valence-electron chi connectivity index (χ1n) is 5.55. The summed E-state index contributed by atoms with van der Waals surface area (Å²) in [5.41, 5.74) is 1.43. The Balaban J connectivity index is 1.87. The lowest BCUT2D eigenvalue weighted by molar-refractivity contribution is 0.174. The van der Waals surface area contributed by atoms with E-state index in [9.17, 15) is 5.11 Å². The molecule has 4 heteroatoms. The van der Waals surface area contributed by atoms with Crippen molar-refractivity contribution in [2.45, 2.75) is 0 Å². The van der Waals surface area contributed by atoms with Gasteiger partial charge in [0.15, 0.2) is 11.5 Å². The standard InChI is InChI=1S/C14H11NO3/c16-12-4-2-1-3-10(12)8-15-11-5-6-13-14(7-11)18-9-17-13/h1-8,16H,9H2. The van der Waals surface area contributed by atoms with Crippen LogP contribution < -0.4 is 9.47 Å². The minimum absolute atomic E-state index is 0.210. The number of hydrogen-bond acceptors (Lipinski definition) is 4. The molecule has 18 heavy (non-hydrogen) atoms. The van der Waals surface area contributed by atoms with Gasteiger partial charge in [0.25, 0.3) is 0 Å². The SMILES string of the molecule is Oc1ccccc1C=Nc1ccc2c(c1)OCO2. The van der Waals surface area contributed by atoms with Crippen LogP contribution in [0.3, 0.4) is 0 Å². The number of aromatic hydroxyl groups is 1. The van der Waals surface area contributed by atoms with Gasteiger partial charge in [0.05, 0.1) is 5.69 Å². The van der Waals surface area contributed by atoms with E-state index < -0.39 is 0 Å². The molecule has 1 aliphatic rings. The second-order valence-corrected chi connectivity index (χ2v) is 3.85. The Kier molecular flexibility index (Phi) is 2.61. The van der Waals surface area contributed by atoms with Gasteiger partial charge < -0.3 is 14.6 Å². The molecule has 1 aliphatic heterocycles. The number of ether oxygens (including phenoxy) is 2. The Morgan fingerprint density at radius 3 is 2.78 bits per heavy atom. The van der Waals surface area contributed by atoms with Crippen LogP contribution in [0, 0.1) is 0 Å². The van der Waals surface area contributed by atoms with Crippen molar-refractivity contribution in [3.05, 3.63) is 48.0 Å². The van der Waals surface area contributed by atoms with E-state index in [1.54, 1.807) is 30.5 Å². The highest BCUT2D eigenvalue weighted by atomic mass is 16.7. The van der Waals surface area contributed by atoms with E-state index in [1.807, 2.05) is 18.2 Å². The molecule has 1 N–H and O–H groups in total. The van der Waals surface area contributed by atoms with Crippen LogP contribution in [0.25, 0.3) is 0 Å². The van der Waals surface area contributed by atoms with E-state index in [0.29, 0.717) is 11.3 Å². The van der Waals surface area contributed by atoms with Crippen molar-refractivity contribution in [2.24, 2.45) is 4.99 Å². The van der Waals surface area contributed by atoms with E-state index in [4.69, 9.17) is 9.47 Å². The summed E-state index contributed by atoms with van der Waals surface area (Å²) in [5, 5.41) is 9.61. The molecule has 90 valence electrons. The average Bonchev–Trinajstić information content (AvgIpc) is 2.85. The topological polar surface area (TPSA) is 51.1 Å². The summed E-state index contributed by atoms with van der Waals surface area (Å²) in [5.74, 6) is 1.64. The zero-order chi connectivity index (χ0) is 12.4. The molecule has 0 bridgehead atoms. The summed E-state index contributed by atoms with van der Waals surface area (Å²) in [6, 6.07) is 12.5. The fraction of sp³-hybridized carbons (Fsp3) is 0.0714. The normalized spacial score (nSPS) is 13.1. The third kappa shape index (κ3) is 2.00. The van der Waals surface area contributed by atoms with Crippen molar-refractivity contribution >= 4 is 11.9 Å². The zero-order valence-corrected chi connectivity index (χ0v) is 9.54. The lowest BCUT2D eigenvalue weighted by atomic mass is 10.2. The van der Waals surface area contributed by atoms with Crippen LogP contribution in [0.2, 0.25) is 0 Å². The van der Waals surface area contributed by atoms with Gasteiger partial charge in [-0.25, -0.2) is 0 Å². The molecular weight excluding hydrogens is 230 g/mol. The summed E-state index contributed by atoms with van der Waals surface area (Å²) < 4.78 is 10.5. The number of phenolic OH excluding ortho intramolecular Hbond substituents is 1. The maximum absolute atomic E-state index is 9.61. The van der Waals surface area contributed by atoms with Crippen molar-refractivity contribution in [2.75, 3.05) is 6.79 Å². The van der Waals surface area contributed by atoms with Gasteiger partial charge in [-0.05, 0) is 24.3 Å². The summed E-state index contributed by atoms with van der Waals surface area (Å²) in [6.07, 6.45) is 1.62. The van der Waals surface area contributed by atoms with Crippen LogP contribution in [0.15, 0.2) is 47.5 Å². The average molecular weight is 241 g/mol. The quantitative estimate of drug-likeness (QED) is 0.822. The predicted octanol–water partition coefficient (Wildman–Crippen LogP) is 2.87. The minimum atomic E-state index is 0.210. The van der Waals surface area contributed by atoms with Crippen LogP contribution in [0.4, 0.5) is 5.69 Å². The summed E-state index contributed by atoms with van der Waals surface area (Å²) >= 11 is 0. The van der Waals surface area contributed by atoms with Gasteiger partial charge in [-0.2, -0.15) is 0 Å². The van der Waals surface area contributed by atoms with Crippen molar-refractivity contribution in [3.8, 4) is 17.2 Å². The van der Waals surface area contributed by atoms with Gasteiger partial charge in [-0.15, -0.1) is 0 Å². The maximum Gasteiger partial charge on any atom is 0.231 e. The first-order chi connectivity index (χ1) is 8.83. The molecule has 2 aromatic rings. The van der Waals surface area contributed by atoms with Crippen molar-refractivity contribution in [1.82, 2.24) is 0 Å². The molecule has 2 aromatic carbocycles. The van der Waals surface area contributed by atoms with Gasteiger partial charge in [-0.1, -0.05) is 12.1 Å². The summed E-state index contributed by atoms with van der Waals surface area (Å²) in [6.45, 7) is 0.252. The number of hydrogen-bond donors (Lipinski definition) is 1. The van der Waals surface area contributed by atoms with Crippen LogP contribution >= 0.6 is 0 Å². The second-order valence-electron chi connectivity index (χ2n) is 3.85. The van der Waals surface area contributed by atoms with Crippen LogP contribution in [-0.2, 0) is 0 Å². The fourth-order valence-corrected chi connectivity index (χ4v) is 1.71. The molecule has 0 unspecified atom stereocenters. The third-order valence-electron chi connectivity index (χ3n) is 2.65. The van der Waals surface area contributed by atoms with Crippen molar-refractivity contribution < 1.29 is 14.6 Å². The van der Waals surface area contributed by atoms with Crippen molar-refractivity contribution in [1.29, 1.82) is 0 Å². The Labute approximate surface area is 104 Å². The number of phenols is 1. The highest BCUT2D eigenvalue weighted by Crippen LogP contribution is 2.35. The molecule has 4 nitrogen and oxygen atoms in total. The van der Waals surface area contributed by atoms with E-state index in [-0.39, 0.29) is 12.5 Å². The second kappa shape index (κ2) is 4.41. The Morgan fingerprint density at radius 2 is 1.89 bits per heavy atom. The largest absolute Gasteiger partial charge is 0.507 e. The Hall–Kier alpha value is -2.49. The highest BCUT2D eigenvalue weighted by Gasteiger charge is 2.12. The molecule has 0 amide bonds. The lowest BCUT2D eigenvalue weighted by Gasteiger charge is -1.99. The van der Waals surface area contributed by atoms with Crippen LogP contribution in [0.1, 0.15) is 5.56 Å². The van der Waals surface area contributed by atoms with Crippen molar-refractivity contribution in [3.63, 3.8) is 0 Å².